The fourth-order valence-corrected chi connectivity index (χ4v) is 3.40. The van der Waals surface area contributed by atoms with Crippen molar-refractivity contribution in [3.05, 3.63) is 46.6 Å². The Morgan fingerprint density at radius 2 is 1.58 bits per heavy atom. The van der Waals surface area contributed by atoms with Crippen LogP contribution in [-0.4, -0.2) is 61.3 Å². The maximum Gasteiger partial charge on any atom is 0.238 e. The van der Waals surface area contributed by atoms with E-state index in [9.17, 15) is 35.4 Å². The first-order valence-electron chi connectivity index (χ1n) is 9.36. The van der Waals surface area contributed by atoms with Crippen molar-refractivity contribution in [2.45, 2.75) is 37.6 Å². The molecular weight excluding hydrogens is 412 g/mol. The second-order valence-electron chi connectivity index (χ2n) is 7.27. The molecule has 0 radical (unpaired) electrons. The van der Waals surface area contributed by atoms with E-state index in [-0.39, 0.29) is 34.0 Å². The van der Waals surface area contributed by atoms with Gasteiger partial charge in [-0.15, -0.1) is 0 Å². The van der Waals surface area contributed by atoms with E-state index in [0.717, 1.165) is 12.1 Å². The van der Waals surface area contributed by atoms with Crippen molar-refractivity contribution >= 4 is 11.0 Å². The summed E-state index contributed by atoms with van der Waals surface area (Å²) >= 11 is 0. The van der Waals surface area contributed by atoms with Crippen molar-refractivity contribution in [3.8, 4) is 34.3 Å². The van der Waals surface area contributed by atoms with Gasteiger partial charge in [0, 0.05) is 17.7 Å². The number of aliphatic hydroxyl groups is 3. The molecule has 1 aliphatic rings. The number of phenolic OH excluding ortho intramolecular Hbond substituents is 2. The molecule has 2 unspecified atom stereocenters. The van der Waals surface area contributed by atoms with E-state index in [1.54, 1.807) is 0 Å². The smallest absolute Gasteiger partial charge is 0.238 e. The first-order chi connectivity index (χ1) is 14.7. The number of phenols is 2. The van der Waals surface area contributed by atoms with Crippen molar-refractivity contribution in [1.29, 1.82) is 0 Å². The van der Waals surface area contributed by atoms with Crippen LogP contribution in [0.4, 0.5) is 0 Å². The van der Waals surface area contributed by atoms with Crippen molar-refractivity contribution in [2.24, 2.45) is 0 Å². The number of aromatic hydroxyl groups is 3. The lowest BCUT2D eigenvalue weighted by molar-refractivity contribution is -0.267. The molecule has 164 valence electrons. The summed E-state index contributed by atoms with van der Waals surface area (Å²) in [5, 5.41) is 59.7. The van der Waals surface area contributed by atoms with E-state index < -0.39 is 41.9 Å². The highest BCUT2D eigenvalue weighted by molar-refractivity contribution is 5.88. The third-order valence-electron chi connectivity index (χ3n) is 5.10. The lowest BCUT2D eigenvalue weighted by Crippen LogP contribution is -2.58. The first kappa shape index (κ1) is 20.9. The molecule has 1 aliphatic heterocycles. The number of ether oxygens (including phenoxy) is 2. The van der Waals surface area contributed by atoms with Gasteiger partial charge in [-0.3, -0.25) is 4.79 Å². The molecule has 10 heteroatoms. The van der Waals surface area contributed by atoms with Crippen LogP contribution in [0.5, 0.6) is 23.0 Å². The molecule has 0 amide bonds. The van der Waals surface area contributed by atoms with Crippen molar-refractivity contribution in [1.82, 2.24) is 0 Å². The molecule has 10 nitrogen and oxygen atoms in total. The second-order valence-corrected chi connectivity index (χ2v) is 7.27. The maximum absolute atomic E-state index is 12.9. The van der Waals surface area contributed by atoms with Crippen molar-refractivity contribution in [3.63, 3.8) is 0 Å². The number of rotatable bonds is 3. The number of benzene rings is 2. The van der Waals surface area contributed by atoms with Gasteiger partial charge in [0.05, 0.1) is 6.10 Å². The molecule has 1 fully saturated rings. The Kier molecular flexibility index (Phi) is 5.23. The number of hydrogen-bond acceptors (Lipinski definition) is 10. The van der Waals surface area contributed by atoms with Gasteiger partial charge >= 0.3 is 0 Å². The van der Waals surface area contributed by atoms with Crippen LogP contribution in [0, 0.1) is 0 Å². The second kappa shape index (κ2) is 7.75. The summed E-state index contributed by atoms with van der Waals surface area (Å²) in [6, 6.07) is 7.76. The van der Waals surface area contributed by atoms with Crippen LogP contribution < -0.4 is 10.2 Å². The Morgan fingerprint density at radius 3 is 2.26 bits per heavy atom. The van der Waals surface area contributed by atoms with Crippen LogP contribution in [0.1, 0.15) is 6.92 Å². The third kappa shape index (κ3) is 3.66. The molecule has 4 rings (SSSR count). The topological polar surface area (TPSA) is 170 Å². The van der Waals surface area contributed by atoms with E-state index in [4.69, 9.17) is 13.9 Å². The Balaban J connectivity index is 1.81. The fourth-order valence-electron chi connectivity index (χ4n) is 3.40. The molecule has 5 atom stereocenters. The SMILES string of the molecule is CC1O[C@@H](Oc2cc(O)cc3oc(-c4ccc(O)cc4)c(O)c(=O)c23)C(O)[C@@H](O)[C@H]1O. The Hall–Kier alpha value is -3.31. The van der Waals surface area contributed by atoms with E-state index in [0.29, 0.717) is 5.56 Å². The molecule has 2 heterocycles. The minimum absolute atomic E-state index is 0.0210. The summed E-state index contributed by atoms with van der Waals surface area (Å²) in [5.74, 6) is -1.55. The van der Waals surface area contributed by atoms with Crippen LogP contribution >= 0.6 is 0 Å². The molecule has 31 heavy (non-hydrogen) atoms. The molecule has 0 spiro atoms. The summed E-state index contributed by atoms with van der Waals surface area (Å²) < 4.78 is 16.5. The van der Waals surface area contributed by atoms with E-state index >= 15 is 0 Å². The zero-order valence-electron chi connectivity index (χ0n) is 16.2. The van der Waals surface area contributed by atoms with Crippen molar-refractivity contribution in [2.75, 3.05) is 0 Å². The fraction of sp³-hybridized carbons (Fsp3) is 0.286. The van der Waals surface area contributed by atoms with Crippen LogP contribution in [0.15, 0.2) is 45.6 Å². The van der Waals surface area contributed by atoms with Crippen LogP contribution in [0.3, 0.4) is 0 Å². The largest absolute Gasteiger partial charge is 0.508 e. The lowest BCUT2D eigenvalue weighted by Gasteiger charge is -2.38. The van der Waals surface area contributed by atoms with Gasteiger partial charge in [0.15, 0.2) is 5.76 Å². The average molecular weight is 432 g/mol. The van der Waals surface area contributed by atoms with Crippen molar-refractivity contribution < 1.29 is 44.5 Å². The summed E-state index contributed by atoms with van der Waals surface area (Å²) in [6.45, 7) is 1.46. The van der Waals surface area contributed by atoms with Crippen LogP contribution in [0.25, 0.3) is 22.3 Å². The Bertz CT molecular complexity index is 1170. The maximum atomic E-state index is 12.9. The van der Waals surface area contributed by atoms with Gasteiger partial charge in [-0.25, -0.2) is 0 Å². The van der Waals surface area contributed by atoms with Crippen LogP contribution in [0.2, 0.25) is 0 Å². The summed E-state index contributed by atoms with van der Waals surface area (Å²) in [5.41, 5.74) is -0.699. The van der Waals surface area contributed by atoms with Gasteiger partial charge in [-0.1, -0.05) is 0 Å². The highest BCUT2D eigenvalue weighted by Crippen LogP contribution is 2.37. The van der Waals surface area contributed by atoms with Crippen LogP contribution in [-0.2, 0) is 4.74 Å². The van der Waals surface area contributed by atoms with Gasteiger partial charge in [-0.2, -0.15) is 0 Å². The van der Waals surface area contributed by atoms with E-state index in [1.165, 1.54) is 31.2 Å². The zero-order valence-corrected chi connectivity index (χ0v) is 16.2. The number of hydrogen-bond donors (Lipinski definition) is 6. The molecular formula is C21H20O10. The molecule has 0 saturated carbocycles. The quantitative estimate of drug-likeness (QED) is 0.348. The summed E-state index contributed by atoms with van der Waals surface area (Å²) in [6.07, 6.45) is -6.93. The molecule has 1 aromatic heterocycles. The predicted octanol–water partition coefficient (Wildman–Crippen LogP) is 0.783. The van der Waals surface area contributed by atoms with Gasteiger partial charge in [0.2, 0.25) is 17.5 Å². The summed E-state index contributed by atoms with van der Waals surface area (Å²) in [4.78, 5) is 12.9. The highest BCUT2D eigenvalue weighted by Gasteiger charge is 2.43. The standard InChI is InChI=1S/C21H20O10/c1-8-15(24)17(26)19(28)21(29-8)31-13-7-11(23)6-12-14(13)16(25)18(27)20(30-12)9-2-4-10(22)5-3-9/h2-8,15,17,19,21-24,26-28H,1H3/t8?,15-,17-,19?,21-/m0/s1. The molecule has 2 aromatic carbocycles. The zero-order chi connectivity index (χ0) is 22.4. The Labute approximate surface area is 174 Å². The third-order valence-corrected chi connectivity index (χ3v) is 5.10. The average Bonchev–Trinajstić information content (AvgIpc) is 2.73. The van der Waals surface area contributed by atoms with Gasteiger partial charge in [0.25, 0.3) is 0 Å². The molecule has 3 aromatic rings. The van der Waals surface area contributed by atoms with E-state index in [1.807, 2.05) is 0 Å². The van der Waals surface area contributed by atoms with Gasteiger partial charge in [0.1, 0.15) is 46.5 Å². The molecule has 0 aliphatic carbocycles. The first-order valence-corrected chi connectivity index (χ1v) is 9.36. The predicted molar refractivity (Wildman–Crippen MR) is 106 cm³/mol. The van der Waals surface area contributed by atoms with E-state index in [2.05, 4.69) is 0 Å². The monoisotopic (exact) mass is 432 g/mol. The molecule has 6 N–H and O–H groups in total. The minimum atomic E-state index is -1.65. The summed E-state index contributed by atoms with van der Waals surface area (Å²) in [7, 11) is 0. The van der Waals surface area contributed by atoms with Gasteiger partial charge < -0.3 is 44.5 Å². The Morgan fingerprint density at radius 1 is 0.903 bits per heavy atom. The van der Waals surface area contributed by atoms with Gasteiger partial charge in [-0.05, 0) is 31.2 Å². The number of aliphatic hydroxyl groups excluding tert-OH is 3. The molecule has 0 bridgehead atoms. The minimum Gasteiger partial charge on any atom is -0.508 e. The normalized spacial score (nSPS) is 26.1. The lowest BCUT2D eigenvalue weighted by atomic mass is 10.00. The number of fused-ring (bicyclic) bond motifs is 1. The molecule has 1 saturated heterocycles. The highest BCUT2D eigenvalue weighted by atomic mass is 16.7.